The SMILES string of the molecule is CCCC(Oc1cccnc1[N+](=O)[O-])C(=O)NN. The summed E-state index contributed by atoms with van der Waals surface area (Å²) in [5.41, 5.74) is 1.96. The Morgan fingerprint density at radius 2 is 2.44 bits per heavy atom. The van der Waals surface area contributed by atoms with E-state index in [9.17, 15) is 14.9 Å². The van der Waals surface area contributed by atoms with E-state index in [0.717, 1.165) is 0 Å². The molecule has 0 saturated carbocycles. The first kappa shape index (κ1) is 13.8. The molecule has 0 aliphatic heterocycles. The summed E-state index contributed by atoms with van der Waals surface area (Å²) in [6.45, 7) is 1.86. The zero-order chi connectivity index (χ0) is 13.5. The first-order chi connectivity index (χ1) is 8.60. The molecule has 0 aliphatic carbocycles. The molecule has 1 unspecified atom stereocenters. The molecule has 8 heteroatoms. The number of aromatic nitrogens is 1. The van der Waals surface area contributed by atoms with Gasteiger partial charge in [0.2, 0.25) is 5.75 Å². The quantitative estimate of drug-likeness (QED) is 0.330. The standard InChI is InChI=1S/C10H14N4O4/c1-2-4-8(10(15)13-11)18-7-5-3-6-12-9(7)14(16)17/h3,5-6,8H,2,4,11H2,1H3,(H,13,15). The van der Waals surface area contributed by atoms with Gasteiger partial charge in [0.25, 0.3) is 5.91 Å². The lowest BCUT2D eigenvalue weighted by Crippen LogP contribution is -2.42. The Hall–Kier alpha value is -2.22. The van der Waals surface area contributed by atoms with Gasteiger partial charge < -0.3 is 14.9 Å². The van der Waals surface area contributed by atoms with Gasteiger partial charge in [-0.3, -0.25) is 10.2 Å². The molecule has 0 fully saturated rings. The number of pyridine rings is 1. The number of nitrogens with two attached hydrogens (primary N) is 1. The summed E-state index contributed by atoms with van der Waals surface area (Å²) >= 11 is 0. The fraction of sp³-hybridized carbons (Fsp3) is 0.400. The van der Waals surface area contributed by atoms with Crippen LogP contribution in [-0.2, 0) is 4.79 Å². The molecule has 0 aliphatic rings. The molecule has 1 aromatic heterocycles. The minimum atomic E-state index is -0.872. The van der Waals surface area contributed by atoms with Crippen molar-refractivity contribution in [1.82, 2.24) is 10.4 Å². The Bertz CT molecular complexity index is 438. The average Bonchev–Trinajstić information content (AvgIpc) is 2.37. The van der Waals surface area contributed by atoms with Crippen LogP contribution in [0.5, 0.6) is 5.75 Å². The van der Waals surface area contributed by atoms with Crippen molar-refractivity contribution in [2.24, 2.45) is 5.84 Å². The van der Waals surface area contributed by atoms with Gasteiger partial charge in [-0.15, -0.1) is 0 Å². The van der Waals surface area contributed by atoms with Crippen molar-refractivity contribution >= 4 is 11.7 Å². The lowest BCUT2D eigenvalue weighted by Gasteiger charge is -2.16. The largest absolute Gasteiger partial charge is 0.472 e. The molecule has 8 nitrogen and oxygen atoms in total. The third kappa shape index (κ3) is 3.39. The minimum absolute atomic E-state index is 0.0513. The number of hydrogen-bond donors (Lipinski definition) is 2. The number of nitro groups is 1. The van der Waals surface area contributed by atoms with Crippen LogP contribution in [0.3, 0.4) is 0 Å². The lowest BCUT2D eigenvalue weighted by molar-refractivity contribution is -0.390. The van der Waals surface area contributed by atoms with Gasteiger partial charge in [0.05, 0.1) is 0 Å². The van der Waals surface area contributed by atoms with Crippen molar-refractivity contribution in [3.63, 3.8) is 0 Å². The highest BCUT2D eigenvalue weighted by Gasteiger charge is 2.23. The maximum Gasteiger partial charge on any atom is 0.406 e. The number of ether oxygens (including phenoxy) is 1. The molecule has 3 N–H and O–H groups in total. The monoisotopic (exact) mass is 254 g/mol. The third-order valence-electron chi connectivity index (χ3n) is 2.18. The Morgan fingerprint density at radius 3 is 3.00 bits per heavy atom. The van der Waals surface area contributed by atoms with Gasteiger partial charge in [-0.1, -0.05) is 13.3 Å². The van der Waals surface area contributed by atoms with Crippen LogP contribution in [0.15, 0.2) is 18.3 Å². The highest BCUT2D eigenvalue weighted by Crippen LogP contribution is 2.24. The summed E-state index contributed by atoms with van der Waals surface area (Å²) in [6.07, 6.45) is 1.48. The van der Waals surface area contributed by atoms with Crippen LogP contribution in [0.2, 0.25) is 0 Å². The van der Waals surface area contributed by atoms with E-state index in [1.807, 2.05) is 12.3 Å². The van der Waals surface area contributed by atoms with Gasteiger partial charge in [-0.05, 0) is 28.5 Å². The first-order valence-electron chi connectivity index (χ1n) is 5.36. The molecular formula is C10H14N4O4. The highest BCUT2D eigenvalue weighted by atomic mass is 16.6. The van der Waals surface area contributed by atoms with Gasteiger partial charge in [-0.2, -0.15) is 0 Å². The smallest absolute Gasteiger partial charge is 0.406 e. The second-order valence-electron chi connectivity index (χ2n) is 3.49. The van der Waals surface area contributed by atoms with E-state index < -0.39 is 22.8 Å². The van der Waals surface area contributed by atoms with Crippen molar-refractivity contribution in [3.8, 4) is 5.75 Å². The molecule has 1 rings (SSSR count). The Balaban J connectivity index is 2.93. The molecule has 1 heterocycles. The number of hydrazine groups is 1. The Kier molecular flexibility index (Phi) is 5.00. The van der Waals surface area contributed by atoms with E-state index in [0.29, 0.717) is 12.8 Å². The molecule has 0 radical (unpaired) electrons. The molecule has 1 atom stereocenters. The van der Waals surface area contributed by atoms with Crippen molar-refractivity contribution < 1.29 is 14.5 Å². The van der Waals surface area contributed by atoms with Crippen LogP contribution in [0.25, 0.3) is 0 Å². The summed E-state index contributed by atoms with van der Waals surface area (Å²) in [5, 5.41) is 10.7. The normalized spacial score (nSPS) is 11.7. The molecule has 1 aromatic rings. The molecule has 0 aromatic carbocycles. The predicted molar refractivity (Wildman–Crippen MR) is 62.5 cm³/mol. The highest BCUT2D eigenvalue weighted by molar-refractivity contribution is 5.80. The number of rotatable bonds is 6. The molecule has 98 valence electrons. The number of carbonyl (C=O) groups excluding carboxylic acids is 1. The number of hydrogen-bond acceptors (Lipinski definition) is 6. The fourth-order valence-corrected chi connectivity index (χ4v) is 1.36. The van der Waals surface area contributed by atoms with Gasteiger partial charge in [0.1, 0.15) is 6.20 Å². The van der Waals surface area contributed by atoms with Gasteiger partial charge >= 0.3 is 5.82 Å². The van der Waals surface area contributed by atoms with E-state index in [2.05, 4.69) is 4.98 Å². The average molecular weight is 254 g/mol. The summed E-state index contributed by atoms with van der Waals surface area (Å²) in [5.74, 6) is 4.01. The molecule has 0 saturated heterocycles. The van der Waals surface area contributed by atoms with Crippen molar-refractivity contribution in [2.45, 2.75) is 25.9 Å². The van der Waals surface area contributed by atoms with Crippen molar-refractivity contribution in [2.75, 3.05) is 0 Å². The van der Waals surface area contributed by atoms with E-state index in [4.69, 9.17) is 10.6 Å². The lowest BCUT2D eigenvalue weighted by atomic mass is 10.2. The number of nitrogens with zero attached hydrogens (tertiary/aromatic N) is 2. The van der Waals surface area contributed by atoms with Crippen LogP contribution in [0.1, 0.15) is 19.8 Å². The van der Waals surface area contributed by atoms with E-state index >= 15 is 0 Å². The maximum atomic E-state index is 11.4. The van der Waals surface area contributed by atoms with Gasteiger partial charge in [-0.25, -0.2) is 5.84 Å². The van der Waals surface area contributed by atoms with Crippen LogP contribution >= 0.6 is 0 Å². The summed E-state index contributed by atoms with van der Waals surface area (Å²) in [6, 6.07) is 2.88. The summed E-state index contributed by atoms with van der Waals surface area (Å²) in [7, 11) is 0. The molecular weight excluding hydrogens is 240 g/mol. The van der Waals surface area contributed by atoms with E-state index in [1.165, 1.54) is 18.3 Å². The second kappa shape index (κ2) is 6.50. The van der Waals surface area contributed by atoms with E-state index in [1.54, 1.807) is 0 Å². The van der Waals surface area contributed by atoms with Crippen LogP contribution < -0.4 is 16.0 Å². The fourth-order valence-electron chi connectivity index (χ4n) is 1.36. The predicted octanol–water partition coefficient (Wildman–Crippen LogP) is 0.527. The molecule has 0 spiro atoms. The van der Waals surface area contributed by atoms with Crippen LogP contribution in [0.4, 0.5) is 5.82 Å². The third-order valence-corrected chi connectivity index (χ3v) is 2.18. The minimum Gasteiger partial charge on any atom is -0.472 e. The molecule has 1 amide bonds. The topological polar surface area (TPSA) is 120 Å². The van der Waals surface area contributed by atoms with E-state index in [-0.39, 0.29) is 5.75 Å². The van der Waals surface area contributed by atoms with Crippen LogP contribution in [0, 0.1) is 10.1 Å². The van der Waals surface area contributed by atoms with Crippen molar-refractivity contribution in [1.29, 1.82) is 0 Å². The zero-order valence-corrected chi connectivity index (χ0v) is 9.83. The number of amides is 1. The maximum absolute atomic E-state index is 11.4. The van der Waals surface area contributed by atoms with Gasteiger partial charge in [0, 0.05) is 0 Å². The summed E-state index contributed by atoms with van der Waals surface area (Å²) in [4.78, 5) is 25.1. The van der Waals surface area contributed by atoms with Crippen LogP contribution in [-0.4, -0.2) is 21.9 Å². The number of carbonyl (C=O) groups is 1. The van der Waals surface area contributed by atoms with Crippen molar-refractivity contribution in [3.05, 3.63) is 28.4 Å². The Labute approximate surface area is 103 Å². The van der Waals surface area contributed by atoms with Gasteiger partial charge in [0.15, 0.2) is 6.10 Å². The zero-order valence-electron chi connectivity index (χ0n) is 9.83. The molecule has 0 bridgehead atoms. The first-order valence-corrected chi connectivity index (χ1v) is 5.36. The Morgan fingerprint density at radius 1 is 1.72 bits per heavy atom. The summed E-state index contributed by atoms with van der Waals surface area (Å²) < 4.78 is 5.30. The second-order valence-corrected chi connectivity index (χ2v) is 3.49. The number of nitrogens with one attached hydrogen (secondary N) is 1. The molecule has 18 heavy (non-hydrogen) atoms.